The summed E-state index contributed by atoms with van der Waals surface area (Å²) in [6, 6.07) is 2.36. The first-order valence-corrected chi connectivity index (χ1v) is 9.25. The van der Waals surface area contributed by atoms with Crippen molar-refractivity contribution in [1.82, 2.24) is 25.3 Å². The smallest absolute Gasteiger partial charge is 0.269 e. The van der Waals surface area contributed by atoms with Crippen molar-refractivity contribution in [3.8, 4) is 0 Å². The molecule has 0 saturated carbocycles. The van der Waals surface area contributed by atoms with E-state index in [0.717, 1.165) is 39.0 Å². The second kappa shape index (κ2) is 7.56. The van der Waals surface area contributed by atoms with Gasteiger partial charge in [-0.2, -0.15) is 5.10 Å². The lowest BCUT2D eigenvalue weighted by molar-refractivity contribution is -0.130. The van der Waals surface area contributed by atoms with E-state index in [1.165, 1.54) is 0 Å². The molecule has 7 heteroatoms. The Morgan fingerprint density at radius 1 is 1.28 bits per heavy atom. The number of aromatic amines is 1. The van der Waals surface area contributed by atoms with E-state index in [0.29, 0.717) is 23.6 Å². The van der Waals surface area contributed by atoms with E-state index in [2.05, 4.69) is 34.3 Å². The number of H-pyrrole nitrogens is 1. The highest BCUT2D eigenvalue weighted by Gasteiger charge is 2.39. The zero-order valence-corrected chi connectivity index (χ0v) is 15.4. The van der Waals surface area contributed by atoms with Crippen LogP contribution >= 0.6 is 0 Å². The fourth-order valence-electron chi connectivity index (χ4n) is 4.16. The van der Waals surface area contributed by atoms with Crippen molar-refractivity contribution < 1.29 is 9.59 Å². The van der Waals surface area contributed by atoms with E-state index in [4.69, 9.17) is 0 Å². The number of hydrogen-bond donors (Lipinski definition) is 2. The monoisotopic (exact) mass is 347 g/mol. The van der Waals surface area contributed by atoms with Crippen LogP contribution in [0.25, 0.3) is 0 Å². The SMILES string of the molecule is CC(=O)N1CCC(N2C[C@H](NC(=O)c3ccn[nH]3)[C@@H](C(C)C)C2)CC1. The normalized spacial score (nSPS) is 25.5. The molecule has 2 saturated heterocycles. The molecule has 0 aliphatic carbocycles. The molecular weight excluding hydrogens is 318 g/mol. The van der Waals surface area contributed by atoms with Gasteiger partial charge in [-0.3, -0.25) is 19.6 Å². The molecular formula is C18H29N5O2. The highest BCUT2D eigenvalue weighted by molar-refractivity contribution is 5.92. The van der Waals surface area contributed by atoms with E-state index in [9.17, 15) is 9.59 Å². The third-order valence-corrected chi connectivity index (χ3v) is 5.74. The summed E-state index contributed by atoms with van der Waals surface area (Å²) < 4.78 is 0. The molecule has 0 bridgehead atoms. The van der Waals surface area contributed by atoms with E-state index in [1.807, 2.05) is 4.90 Å². The summed E-state index contributed by atoms with van der Waals surface area (Å²) in [5.74, 6) is 1.04. The van der Waals surface area contributed by atoms with Crippen LogP contribution in [0.4, 0.5) is 0 Å². The molecule has 0 radical (unpaired) electrons. The molecule has 1 aromatic rings. The Balaban J connectivity index is 1.61. The molecule has 2 atom stereocenters. The number of carbonyl (C=O) groups excluding carboxylic acids is 2. The molecule has 3 heterocycles. The fourth-order valence-corrected chi connectivity index (χ4v) is 4.16. The van der Waals surface area contributed by atoms with Crippen LogP contribution in [0.5, 0.6) is 0 Å². The Hall–Kier alpha value is -1.89. The van der Waals surface area contributed by atoms with Crippen molar-refractivity contribution in [1.29, 1.82) is 0 Å². The number of aromatic nitrogens is 2. The van der Waals surface area contributed by atoms with E-state index >= 15 is 0 Å². The summed E-state index contributed by atoms with van der Waals surface area (Å²) in [7, 11) is 0. The van der Waals surface area contributed by atoms with Crippen molar-refractivity contribution in [2.75, 3.05) is 26.2 Å². The first kappa shape index (κ1) is 17.9. The summed E-state index contributed by atoms with van der Waals surface area (Å²) in [5.41, 5.74) is 0.510. The van der Waals surface area contributed by atoms with Gasteiger partial charge in [-0.15, -0.1) is 0 Å². The fraction of sp³-hybridized carbons (Fsp3) is 0.722. The molecule has 2 amide bonds. The Kier molecular flexibility index (Phi) is 5.42. The van der Waals surface area contributed by atoms with Gasteiger partial charge in [-0.05, 0) is 30.7 Å². The first-order valence-electron chi connectivity index (χ1n) is 9.25. The number of hydrogen-bond acceptors (Lipinski definition) is 4. The zero-order valence-electron chi connectivity index (χ0n) is 15.4. The van der Waals surface area contributed by atoms with Crippen LogP contribution in [0.2, 0.25) is 0 Å². The molecule has 2 fully saturated rings. The van der Waals surface area contributed by atoms with Gasteiger partial charge in [-0.1, -0.05) is 13.8 Å². The zero-order chi connectivity index (χ0) is 18.0. The minimum Gasteiger partial charge on any atom is -0.346 e. The van der Waals surface area contributed by atoms with Gasteiger partial charge in [0, 0.05) is 51.4 Å². The molecule has 3 rings (SSSR count). The number of carbonyl (C=O) groups is 2. The maximum Gasteiger partial charge on any atom is 0.269 e. The van der Waals surface area contributed by atoms with Crippen molar-refractivity contribution in [2.24, 2.45) is 11.8 Å². The average Bonchev–Trinajstić information content (AvgIpc) is 3.24. The van der Waals surface area contributed by atoms with Crippen LogP contribution in [0, 0.1) is 11.8 Å². The predicted molar refractivity (Wildman–Crippen MR) is 95.0 cm³/mol. The summed E-state index contributed by atoms with van der Waals surface area (Å²) >= 11 is 0. The third kappa shape index (κ3) is 4.03. The van der Waals surface area contributed by atoms with Crippen LogP contribution in [0.3, 0.4) is 0 Å². The molecule has 0 unspecified atom stereocenters. The molecule has 25 heavy (non-hydrogen) atoms. The molecule has 2 N–H and O–H groups in total. The predicted octanol–water partition coefficient (Wildman–Crippen LogP) is 1.11. The summed E-state index contributed by atoms with van der Waals surface area (Å²) in [5, 5.41) is 9.78. The number of amides is 2. The van der Waals surface area contributed by atoms with E-state index < -0.39 is 0 Å². The topological polar surface area (TPSA) is 81.3 Å². The van der Waals surface area contributed by atoms with Crippen molar-refractivity contribution in [2.45, 2.75) is 45.7 Å². The van der Waals surface area contributed by atoms with Crippen LogP contribution in [-0.2, 0) is 4.79 Å². The molecule has 138 valence electrons. The minimum absolute atomic E-state index is 0.0820. The van der Waals surface area contributed by atoms with Gasteiger partial charge >= 0.3 is 0 Å². The van der Waals surface area contributed by atoms with Gasteiger partial charge in [0.1, 0.15) is 5.69 Å². The van der Waals surface area contributed by atoms with Crippen molar-refractivity contribution >= 4 is 11.8 Å². The number of nitrogens with zero attached hydrogens (tertiary/aromatic N) is 3. The second-order valence-corrected chi connectivity index (χ2v) is 7.65. The molecule has 1 aromatic heterocycles. The summed E-state index contributed by atoms with van der Waals surface area (Å²) in [6.45, 7) is 9.67. The van der Waals surface area contributed by atoms with Gasteiger partial charge in [0.15, 0.2) is 0 Å². The lowest BCUT2D eigenvalue weighted by Crippen LogP contribution is -2.46. The summed E-state index contributed by atoms with van der Waals surface area (Å²) in [6.07, 6.45) is 3.63. The number of piperidine rings is 1. The second-order valence-electron chi connectivity index (χ2n) is 7.65. The number of likely N-dealkylation sites (tertiary alicyclic amines) is 2. The molecule has 0 spiro atoms. The maximum atomic E-state index is 12.4. The maximum absolute atomic E-state index is 12.4. The van der Waals surface area contributed by atoms with E-state index in [1.54, 1.807) is 19.2 Å². The highest BCUT2D eigenvalue weighted by Crippen LogP contribution is 2.29. The van der Waals surface area contributed by atoms with E-state index in [-0.39, 0.29) is 17.9 Å². The Morgan fingerprint density at radius 2 is 2.00 bits per heavy atom. The third-order valence-electron chi connectivity index (χ3n) is 5.74. The molecule has 0 aromatic carbocycles. The molecule has 2 aliphatic rings. The average molecular weight is 347 g/mol. The van der Waals surface area contributed by atoms with Crippen molar-refractivity contribution in [3.63, 3.8) is 0 Å². The summed E-state index contributed by atoms with van der Waals surface area (Å²) in [4.78, 5) is 28.3. The molecule has 7 nitrogen and oxygen atoms in total. The molecule has 2 aliphatic heterocycles. The van der Waals surface area contributed by atoms with Crippen LogP contribution in [0.15, 0.2) is 12.3 Å². The van der Waals surface area contributed by atoms with Gasteiger partial charge in [0.2, 0.25) is 5.91 Å². The number of rotatable bonds is 4. The van der Waals surface area contributed by atoms with Gasteiger partial charge in [0.05, 0.1) is 0 Å². The standard InChI is InChI=1S/C18H29N5O2/c1-12(2)15-10-23(14-5-8-22(9-6-14)13(3)24)11-17(15)20-18(25)16-4-7-19-21-16/h4,7,12,14-15,17H,5-6,8-11H2,1-3H3,(H,19,21)(H,20,25)/t15-,17+/m1/s1. The quantitative estimate of drug-likeness (QED) is 0.855. The Bertz CT molecular complexity index is 593. The van der Waals surface area contributed by atoms with Crippen LogP contribution in [-0.4, -0.2) is 70.1 Å². The van der Waals surface area contributed by atoms with Gasteiger partial charge < -0.3 is 10.2 Å². The lowest BCUT2D eigenvalue weighted by Gasteiger charge is -2.36. The Morgan fingerprint density at radius 3 is 2.56 bits per heavy atom. The first-order chi connectivity index (χ1) is 12.0. The highest BCUT2D eigenvalue weighted by atomic mass is 16.2. The van der Waals surface area contributed by atoms with Gasteiger partial charge in [0.25, 0.3) is 5.91 Å². The van der Waals surface area contributed by atoms with Gasteiger partial charge in [-0.25, -0.2) is 0 Å². The Labute approximate surface area is 149 Å². The largest absolute Gasteiger partial charge is 0.346 e. The van der Waals surface area contributed by atoms with Crippen molar-refractivity contribution in [3.05, 3.63) is 18.0 Å². The number of nitrogens with one attached hydrogen (secondary N) is 2. The van der Waals surface area contributed by atoms with Crippen LogP contribution in [0.1, 0.15) is 44.1 Å². The minimum atomic E-state index is -0.0820. The lowest BCUT2D eigenvalue weighted by atomic mass is 9.91. The van der Waals surface area contributed by atoms with Crippen LogP contribution < -0.4 is 5.32 Å².